The van der Waals surface area contributed by atoms with Crippen LogP contribution in [0.2, 0.25) is 0 Å². The Kier molecular flexibility index (Phi) is 10.7. The van der Waals surface area contributed by atoms with Crippen molar-refractivity contribution in [2.24, 2.45) is 0 Å². The first-order valence-corrected chi connectivity index (χ1v) is 14.6. The Labute approximate surface area is 262 Å². The molecule has 244 valence electrons. The summed E-state index contributed by atoms with van der Waals surface area (Å²) in [5.74, 6) is 4.72. The molecule has 2 saturated heterocycles. The van der Waals surface area contributed by atoms with Crippen LogP contribution in [0.25, 0.3) is 21.8 Å². The van der Waals surface area contributed by atoms with Crippen molar-refractivity contribution in [1.29, 1.82) is 0 Å². The second-order valence-electron chi connectivity index (χ2n) is 10.9. The molecule has 45 heavy (non-hydrogen) atoms. The van der Waals surface area contributed by atoms with Gasteiger partial charge in [-0.05, 0) is 26.0 Å². The number of aromatic nitrogens is 4. The van der Waals surface area contributed by atoms with E-state index in [1.807, 2.05) is 24.3 Å². The van der Waals surface area contributed by atoms with Crippen LogP contribution in [-0.2, 0) is 0 Å². The number of benzene rings is 2. The first kappa shape index (κ1) is 33.3. The number of ether oxygens (including phenoxy) is 4. The summed E-state index contributed by atoms with van der Waals surface area (Å²) in [7, 11) is 6.40. The Bertz CT molecular complexity index is 1500. The number of nitrogens with two attached hydrogens (primary N) is 2. The molecule has 0 radical (unpaired) electrons. The van der Waals surface area contributed by atoms with E-state index in [-0.39, 0.29) is 5.48 Å². The summed E-state index contributed by atoms with van der Waals surface area (Å²) < 4.78 is 21.3. The molecule has 0 aliphatic carbocycles. The van der Waals surface area contributed by atoms with Crippen molar-refractivity contribution in [2.75, 3.05) is 89.0 Å². The maximum atomic E-state index is 6.12. The molecule has 0 saturated carbocycles. The second-order valence-corrected chi connectivity index (χ2v) is 10.9. The Morgan fingerprint density at radius 3 is 1.31 bits per heavy atom. The SMILES string of the molecule is COc1cc2nc(N3CCNC(C)C3)nc(N)c2cc1OC.COc1cc2nc(N3CCNC(C)C3)nc(N)c2cc1OC.O. The van der Waals surface area contributed by atoms with Gasteiger partial charge in [-0.2, -0.15) is 9.97 Å². The molecule has 15 nitrogen and oxygen atoms in total. The van der Waals surface area contributed by atoms with Crippen LogP contribution >= 0.6 is 0 Å². The molecule has 8 N–H and O–H groups in total. The molecule has 0 amide bonds. The second kappa shape index (κ2) is 14.5. The van der Waals surface area contributed by atoms with Gasteiger partial charge in [0.1, 0.15) is 11.6 Å². The molecule has 2 aliphatic heterocycles. The lowest BCUT2D eigenvalue weighted by atomic mass is 10.2. The summed E-state index contributed by atoms with van der Waals surface area (Å²) in [5.41, 5.74) is 13.8. The van der Waals surface area contributed by atoms with E-state index in [1.165, 1.54) is 0 Å². The van der Waals surface area contributed by atoms with E-state index >= 15 is 0 Å². The van der Waals surface area contributed by atoms with Crippen LogP contribution in [-0.4, -0.2) is 105 Å². The highest BCUT2D eigenvalue weighted by atomic mass is 16.5. The molecule has 2 unspecified atom stereocenters. The highest BCUT2D eigenvalue weighted by molar-refractivity contribution is 5.92. The van der Waals surface area contributed by atoms with Gasteiger partial charge in [-0.3, -0.25) is 0 Å². The van der Waals surface area contributed by atoms with Crippen LogP contribution in [0.3, 0.4) is 0 Å². The minimum Gasteiger partial charge on any atom is -0.493 e. The van der Waals surface area contributed by atoms with E-state index < -0.39 is 0 Å². The smallest absolute Gasteiger partial charge is 0.227 e. The molecule has 2 aromatic heterocycles. The Morgan fingerprint density at radius 1 is 0.622 bits per heavy atom. The van der Waals surface area contributed by atoms with E-state index in [9.17, 15) is 0 Å². The lowest BCUT2D eigenvalue weighted by Gasteiger charge is -2.32. The number of rotatable bonds is 6. The van der Waals surface area contributed by atoms with Gasteiger partial charge >= 0.3 is 0 Å². The molecule has 4 heterocycles. The van der Waals surface area contributed by atoms with Gasteiger partial charge < -0.3 is 56.3 Å². The zero-order chi connectivity index (χ0) is 31.4. The van der Waals surface area contributed by atoms with Crippen molar-refractivity contribution in [3.8, 4) is 23.0 Å². The minimum absolute atomic E-state index is 0. The van der Waals surface area contributed by atoms with E-state index in [4.69, 9.17) is 30.4 Å². The van der Waals surface area contributed by atoms with Gasteiger partial charge in [0.25, 0.3) is 0 Å². The Hall–Kier alpha value is -4.60. The van der Waals surface area contributed by atoms with Crippen LogP contribution < -0.4 is 50.8 Å². The van der Waals surface area contributed by atoms with Gasteiger partial charge in [0, 0.05) is 74.3 Å². The van der Waals surface area contributed by atoms with Crippen LogP contribution in [0.4, 0.5) is 23.5 Å². The quantitative estimate of drug-likeness (QED) is 0.238. The van der Waals surface area contributed by atoms with Crippen molar-refractivity contribution in [3.63, 3.8) is 0 Å². The highest BCUT2D eigenvalue weighted by Gasteiger charge is 2.21. The van der Waals surface area contributed by atoms with Crippen molar-refractivity contribution in [1.82, 2.24) is 30.6 Å². The summed E-state index contributed by atoms with van der Waals surface area (Å²) in [4.78, 5) is 22.5. The third-order valence-electron chi connectivity index (χ3n) is 7.74. The average molecular weight is 625 g/mol. The summed E-state index contributed by atoms with van der Waals surface area (Å²) in [6.07, 6.45) is 0. The van der Waals surface area contributed by atoms with E-state index in [1.54, 1.807) is 28.4 Å². The zero-order valence-electron chi connectivity index (χ0n) is 26.7. The maximum absolute atomic E-state index is 6.12. The monoisotopic (exact) mass is 624 g/mol. The average Bonchev–Trinajstić information content (AvgIpc) is 3.03. The molecule has 4 aromatic rings. The predicted octanol–water partition coefficient (Wildman–Crippen LogP) is 1.23. The predicted molar refractivity (Wildman–Crippen MR) is 177 cm³/mol. The maximum Gasteiger partial charge on any atom is 0.227 e. The highest BCUT2D eigenvalue weighted by Crippen LogP contribution is 2.35. The number of nitrogens with zero attached hydrogens (tertiary/aromatic N) is 6. The number of nitrogens with one attached hydrogen (secondary N) is 2. The molecule has 2 aromatic carbocycles. The van der Waals surface area contributed by atoms with Gasteiger partial charge in [-0.1, -0.05) is 0 Å². The molecule has 2 atom stereocenters. The molecular weight excluding hydrogens is 580 g/mol. The lowest BCUT2D eigenvalue weighted by Crippen LogP contribution is -2.49. The molecule has 0 spiro atoms. The van der Waals surface area contributed by atoms with Gasteiger partial charge in [0.2, 0.25) is 11.9 Å². The van der Waals surface area contributed by atoms with Crippen LogP contribution in [0, 0.1) is 0 Å². The summed E-state index contributed by atoms with van der Waals surface area (Å²) >= 11 is 0. The Morgan fingerprint density at radius 2 is 0.978 bits per heavy atom. The fourth-order valence-corrected chi connectivity index (χ4v) is 5.44. The number of anilines is 4. The van der Waals surface area contributed by atoms with Crippen molar-refractivity contribution >= 4 is 45.3 Å². The van der Waals surface area contributed by atoms with Gasteiger partial charge in [0.15, 0.2) is 23.0 Å². The van der Waals surface area contributed by atoms with E-state index in [0.717, 1.165) is 61.1 Å². The molecule has 0 bridgehead atoms. The minimum atomic E-state index is 0. The van der Waals surface area contributed by atoms with Crippen LogP contribution in [0.5, 0.6) is 23.0 Å². The van der Waals surface area contributed by atoms with Gasteiger partial charge in [-0.25, -0.2) is 9.97 Å². The number of hydrogen-bond acceptors (Lipinski definition) is 14. The lowest BCUT2D eigenvalue weighted by molar-refractivity contribution is 0.356. The zero-order valence-corrected chi connectivity index (χ0v) is 26.7. The molecule has 15 heteroatoms. The number of nitrogen functional groups attached to an aromatic ring is 2. The number of piperazine rings is 2. The summed E-state index contributed by atoms with van der Waals surface area (Å²) in [6, 6.07) is 8.10. The van der Waals surface area contributed by atoms with Crippen molar-refractivity contribution in [2.45, 2.75) is 25.9 Å². The van der Waals surface area contributed by atoms with Gasteiger partial charge in [0.05, 0.1) is 39.5 Å². The molecule has 2 fully saturated rings. The Balaban J connectivity index is 0.000000200. The number of fused-ring (bicyclic) bond motifs is 2. The van der Waals surface area contributed by atoms with E-state index in [0.29, 0.717) is 58.6 Å². The van der Waals surface area contributed by atoms with Gasteiger partial charge in [-0.15, -0.1) is 0 Å². The summed E-state index contributed by atoms with van der Waals surface area (Å²) in [6.45, 7) is 9.55. The standard InChI is InChI=1S/2C15H21N5O2.H2O/c2*1-9-8-20(5-4-17-9)15-18-11-7-13(22-3)12(21-2)6-10(11)14(16)19-15;/h2*6-7,9,17H,4-5,8H2,1-3H3,(H2,16,18,19);1H2. The molecular formula is C30H44N10O5. The van der Waals surface area contributed by atoms with E-state index in [2.05, 4.69) is 54.2 Å². The topological polar surface area (TPSA) is 203 Å². The number of methoxy groups -OCH3 is 4. The fourth-order valence-electron chi connectivity index (χ4n) is 5.44. The summed E-state index contributed by atoms with van der Waals surface area (Å²) in [5, 5.41) is 8.34. The number of hydrogen-bond donors (Lipinski definition) is 4. The largest absolute Gasteiger partial charge is 0.493 e. The third-order valence-corrected chi connectivity index (χ3v) is 7.74. The third kappa shape index (κ3) is 7.21. The molecule has 2 aliphatic rings. The van der Waals surface area contributed by atoms with Crippen molar-refractivity contribution in [3.05, 3.63) is 24.3 Å². The first-order valence-electron chi connectivity index (χ1n) is 14.6. The van der Waals surface area contributed by atoms with Crippen LogP contribution in [0.1, 0.15) is 13.8 Å². The normalized spacial score (nSPS) is 18.1. The van der Waals surface area contributed by atoms with Crippen LogP contribution in [0.15, 0.2) is 24.3 Å². The molecule has 6 rings (SSSR count). The van der Waals surface area contributed by atoms with Crippen molar-refractivity contribution < 1.29 is 24.4 Å². The first-order chi connectivity index (χ1) is 21.2. The fraction of sp³-hybridized carbons (Fsp3) is 0.467.